The number of likely N-dealkylation sites (N-methyl/N-ethyl adjacent to an activating group) is 1. The van der Waals surface area contributed by atoms with E-state index >= 15 is 0 Å². The summed E-state index contributed by atoms with van der Waals surface area (Å²) in [6, 6.07) is 18.1. The lowest BCUT2D eigenvalue weighted by Gasteiger charge is -2.28. The van der Waals surface area contributed by atoms with E-state index < -0.39 is 6.17 Å². The van der Waals surface area contributed by atoms with E-state index in [4.69, 9.17) is 0 Å². The van der Waals surface area contributed by atoms with Crippen LogP contribution in [-0.4, -0.2) is 47.7 Å². The number of nitrogens with one attached hydrogen (secondary N) is 1. The van der Waals surface area contributed by atoms with Gasteiger partial charge in [0.15, 0.2) is 0 Å². The lowest BCUT2D eigenvalue weighted by atomic mass is 10.1. The Hall–Kier alpha value is -3.15. The SMILES string of the molecule is CN1C(=O)CN(C(=O)CNC(=O)c2ccccc2)[C@@H]1c1ccccc1. The van der Waals surface area contributed by atoms with Gasteiger partial charge in [0, 0.05) is 12.6 Å². The molecule has 6 nitrogen and oxygen atoms in total. The summed E-state index contributed by atoms with van der Waals surface area (Å²) in [7, 11) is 1.68. The van der Waals surface area contributed by atoms with Crippen molar-refractivity contribution >= 4 is 17.7 Å². The van der Waals surface area contributed by atoms with E-state index in [9.17, 15) is 14.4 Å². The maximum atomic E-state index is 12.6. The summed E-state index contributed by atoms with van der Waals surface area (Å²) in [6.07, 6.45) is -0.449. The van der Waals surface area contributed by atoms with Crippen molar-refractivity contribution in [2.45, 2.75) is 6.17 Å². The molecule has 1 atom stereocenters. The Kier molecular flexibility index (Phi) is 4.79. The van der Waals surface area contributed by atoms with Crippen LogP contribution < -0.4 is 5.32 Å². The second-order valence-corrected chi connectivity index (χ2v) is 5.86. The first-order chi connectivity index (χ1) is 12.1. The first kappa shape index (κ1) is 16.7. The van der Waals surface area contributed by atoms with E-state index in [1.807, 2.05) is 36.4 Å². The van der Waals surface area contributed by atoms with Crippen LogP contribution in [0.5, 0.6) is 0 Å². The van der Waals surface area contributed by atoms with Gasteiger partial charge in [0.2, 0.25) is 11.8 Å². The van der Waals surface area contributed by atoms with Crippen LogP contribution in [0.1, 0.15) is 22.1 Å². The molecule has 25 heavy (non-hydrogen) atoms. The molecule has 1 fully saturated rings. The Labute approximate surface area is 146 Å². The first-order valence-electron chi connectivity index (χ1n) is 8.01. The van der Waals surface area contributed by atoms with E-state index in [2.05, 4.69) is 5.32 Å². The van der Waals surface area contributed by atoms with E-state index in [-0.39, 0.29) is 30.8 Å². The summed E-state index contributed by atoms with van der Waals surface area (Å²) in [4.78, 5) is 39.8. The Morgan fingerprint density at radius 2 is 1.64 bits per heavy atom. The van der Waals surface area contributed by atoms with Crippen LogP contribution in [0.4, 0.5) is 0 Å². The average Bonchev–Trinajstić information content (AvgIpc) is 2.96. The number of hydrogen-bond donors (Lipinski definition) is 1. The van der Waals surface area contributed by atoms with Gasteiger partial charge in [0.05, 0.1) is 6.54 Å². The molecule has 1 N–H and O–H groups in total. The molecule has 3 amide bonds. The molecule has 0 saturated carbocycles. The molecule has 2 aromatic rings. The molecule has 0 aromatic heterocycles. The van der Waals surface area contributed by atoms with Gasteiger partial charge >= 0.3 is 0 Å². The van der Waals surface area contributed by atoms with Gasteiger partial charge in [-0.3, -0.25) is 14.4 Å². The Morgan fingerprint density at radius 1 is 1.04 bits per heavy atom. The average molecular weight is 337 g/mol. The fraction of sp³-hybridized carbons (Fsp3) is 0.211. The quantitative estimate of drug-likeness (QED) is 0.917. The minimum absolute atomic E-state index is 0.0100. The Bertz CT molecular complexity index is 777. The van der Waals surface area contributed by atoms with Crippen LogP contribution in [0.15, 0.2) is 60.7 Å². The summed E-state index contributed by atoms with van der Waals surface area (Å²) < 4.78 is 0. The van der Waals surface area contributed by atoms with Gasteiger partial charge in [-0.2, -0.15) is 0 Å². The fourth-order valence-electron chi connectivity index (χ4n) is 2.89. The molecule has 1 heterocycles. The molecule has 0 bridgehead atoms. The number of nitrogens with zero attached hydrogens (tertiary/aromatic N) is 2. The van der Waals surface area contributed by atoms with Crippen molar-refractivity contribution < 1.29 is 14.4 Å². The number of carbonyl (C=O) groups is 3. The smallest absolute Gasteiger partial charge is 0.251 e. The molecular weight excluding hydrogens is 318 g/mol. The Morgan fingerprint density at radius 3 is 2.28 bits per heavy atom. The molecule has 1 saturated heterocycles. The summed E-state index contributed by atoms with van der Waals surface area (Å²) in [5.41, 5.74) is 1.35. The largest absolute Gasteiger partial charge is 0.343 e. The number of carbonyl (C=O) groups excluding carboxylic acids is 3. The first-order valence-corrected chi connectivity index (χ1v) is 8.01. The highest BCUT2D eigenvalue weighted by Crippen LogP contribution is 2.29. The molecule has 1 aliphatic rings. The zero-order valence-electron chi connectivity index (χ0n) is 13.9. The predicted molar refractivity (Wildman–Crippen MR) is 92.4 cm³/mol. The topological polar surface area (TPSA) is 69.7 Å². The molecule has 1 aliphatic heterocycles. The van der Waals surface area contributed by atoms with Crippen molar-refractivity contribution in [2.75, 3.05) is 20.1 Å². The highest BCUT2D eigenvalue weighted by molar-refractivity contribution is 5.97. The van der Waals surface area contributed by atoms with E-state index in [1.54, 1.807) is 36.2 Å². The fourth-order valence-corrected chi connectivity index (χ4v) is 2.89. The van der Waals surface area contributed by atoms with Crippen LogP contribution in [-0.2, 0) is 9.59 Å². The molecule has 0 spiro atoms. The lowest BCUT2D eigenvalue weighted by molar-refractivity contribution is -0.132. The Balaban J connectivity index is 1.70. The second-order valence-electron chi connectivity index (χ2n) is 5.86. The lowest BCUT2D eigenvalue weighted by Crippen LogP contribution is -2.41. The molecule has 0 aliphatic carbocycles. The van der Waals surface area contributed by atoms with Crippen molar-refractivity contribution in [1.29, 1.82) is 0 Å². The van der Waals surface area contributed by atoms with E-state index in [1.165, 1.54) is 4.90 Å². The number of hydrogen-bond acceptors (Lipinski definition) is 3. The highest BCUT2D eigenvalue weighted by atomic mass is 16.2. The van der Waals surface area contributed by atoms with Crippen molar-refractivity contribution in [3.05, 3.63) is 71.8 Å². The summed E-state index contributed by atoms with van der Waals surface area (Å²) >= 11 is 0. The molecular formula is C19H19N3O3. The maximum absolute atomic E-state index is 12.6. The minimum atomic E-state index is -0.449. The third kappa shape index (κ3) is 3.52. The molecule has 3 rings (SSSR count). The van der Waals surface area contributed by atoms with E-state index in [0.717, 1.165) is 5.56 Å². The third-order valence-electron chi connectivity index (χ3n) is 4.22. The third-order valence-corrected chi connectivity index (χ3v) is 4.22. The number of benzene rings is 2. The van der Waals surface area contributed by atoms with E-state index in [0.29, 0.717) is 5.56 Å². The predicted octanol–water partition coefficient (Wildman–Crippen LogP) is 1.42. The molecule has 128 valence electrons. The van der Waals surface area contributed by atoms with Crippen molar-refractivity contribution in [1.82, 2.24) is 15.1 Å². The summed E-state index contributed by atoms with van der Waals surface area (Å²) in [6.45, 7) is -0.145. The zero-order chi connectivity index (χ0) is 17.8. The van der Waals surface area contributed by atoms with Gasteiger partial charge in [0.25, 0.3) is 5.91 Å². The monoisotopic (exact) mass is 337 g/mol. The van der Waals surface area contributed by atoms with Crippen LogP contribution in [0.3, 0.4) is 0 Å². The molecule has 0 radical (unpaired) electrons. The maximum Gasteiger partial charge on any atom is 0.251 e. The summed E-state index contributed by atoms with van der Waals surface area (Å²) in [5, 5.41) is 2.62. The summed E-state index contributed by atoms with van der Waals surface area (Å²) in [5.74, 6) is -0.739. The normalized spacial score (nSPS) is 16.8. The highest BCUT2D eigenvalue weighted by Gasteiger charge is 2.39. The van der Waals surface area contributed by atoms with Crippen LogP contribution in [0, 0.1) is 0 Å². The minimum Gasteiger partial charge on any atom is -0.343 e. The van der Waals surface area contributed by atoms with Crippen LogP contribution >= 0.6 is 0 Å². The van der Waals surface area contributed by atoms with Crippen LogP contribution in [0.2, 0.25) is 0 Å². The molecule has 0 unspecified atom stereocenters. The number of amides is 3. The molecule has 2 aromatic carbocycles. The zero-order valence-corrected chi connectivity index (χ0v) is 13.9. The van der Waals surface area contributed by atoms with Crippen molar-refractivity contribution in [2.24, 2.45) is 0 Å². The van der Waals surface area contributed by atoms with Gasteiger partial charge in [0.1, 0.15) is 12.7 Å². The van der Waals surface area contributed by atoms with Gasteiger partial charge in [-0.15, -0.1) is 0 Å². The number of rotatable bonds is 4. The molecule has 6 heteroatoms. The standard InChI is InChI=1S/C19H19N3O3/c1-21-17(24)13-22(19(21)15-10-6-3-7-11-15)16(23)12-20-18(25)14-8-4-2-5-9-14/h2-11,19H,12-13H2,1H3,(H,20,25)/t19-/m1/s1. The second kappa shape index (κ2) is 7.17. The van der Waals surface area contributed by atoms with Crippen LogP contribution in [0.25, 0.3) is 0 Å². The van der Waals surface area contributed by atoms with Gasteiger partial charge in [-0.05, 0) is 17.7 Å². The van der Waals surface area contributed by atoms with Crippen molar-refractivity contribution in [3.63, 3.8) is 0 Å². The van der Waals surface area contributed by atoms with Gasteiger partial charge in [-0.25, -0.2) is 0 Å². The van der Waals surface area contributed by atoms with Gasteiger partial charge < -0.3 is 15.1 Å². The van der Waals surface area contributed by atoms with Crippen molar-refractivity contribution in [3.8, 4) is 0 Å². The van der Waals surface area contributed by atoms with Gasteiger partial charge in [-0.1, -0.05) is 48.5 Å².